The molecule has 5 nitrogen and oxygen atoms in total. The molecule has 0 saturated heterocycles. The Morgan fingerprint density at radius 2 is 1.73 bits per heavy atom. The summed E-state index contributed by atoms with van der Waals surface area (Å²) in [6.07, 6.45) is 0.407. The lowest BCUT2D eigenvalue weighted by Gasteiger charge is -2.23. The van der Waals surface area contributed by atoms with Crippen LogP contribution in [0.25, 0.3) is 0 Å². The van der Waals surface area contributed by atoms with E-state index in [4.69, 9.17) is 0 Å². The highest BCUT2D eigenvalue weighted by Crippen LogP contribution is 2.09. The van der Waals surface area contributed by atoms with Gasteiger partial charge < -0.3 is 15.5 Å². The Bertz CT molecular complexity index is 728. The summed E-state index contributed by atoms with van der Waals surface area (Å²) in [4.78, 5) is 18.4. The van der Waals surface area contributed by atoms with Gasteiger partial charge in [0, 0.05) is 40.2 Å². The number of carbonyl (C=O) groups is 1. The van der Waals surface area contributed by atoms with E-state index in [1.807, 2.05) is 49.5 Å². The van der Waals surface area contributed by atoms with Crippen molar-refractivity contribution in [3.63, 3.8) is 0 Å². The van der Waals surface area contributed by atoms with Gasteiger partial charge in [-0.1, -0.05) is 54.6 Å². The maximum atomic E-state index is 12.0. The van der Waals surface area contributed by atoms with Gasteiger partial charge in [0.1, 0.15) is 0 Å². The van der Waals surface area contributed by atoms with E-state index >= 15 is 0 Å². The molecule has 0 radical (unpaired) electrons. The van der Waals surface area contributed by atoms with Gasteiger partial charge in [-0.05, 0) is 23.6 Å². The second kappa shape index (κ2) is 10.2. The molecule has 0 fully saturated rings. The second-order valence-corrected chi connectivity index (χ2v) is 6.27. The molecular weight excluding hydrogens is 324 g/mol. The molecule has 0 spiro atoms. The first-order valence-electron chi connectivity index (χ1n) is 8.87. The van der Waals surface area contributed by atoms with E-state index in [1.54, 1.807) is 7.05 Å². The summed E-state index contributed by atoms with van der Waals surface area (Å²) in [6, 6.07) is 18.2. The predicted octanol–water partition coefficient (Wildman–Crippen LogP) is 2.71. The molecule has 0 aliphatic heterocycles. The van der Waals surface area contributed by atoms with Crippen molar-refractivity contribution in [2.45, 2.75) is 26.4 Å². The molecule has 26 heavy (non-hydrogen) atoms. The number of nitrogens with one attached hydrogen (secondary N) is 2. The number of hydrogen-bond donors (Lipinski definition) is 2. The summed E-state index contributed by atoms with van der Waals surface area (Å²) in [6.45, 7) is 3.98. The first-order chi connectivity index (χ1) is 12.6. The molecule has 0 aromatic heterocycles. The molecule has 0 bridgehead atoms. The van der Waals surface area contributed by atoms with E-state index < -0.39 is 0 Å². The van der Waals surface area contributed by atoms with Gasteiger partial charge in [0.05, 0.1) is 0 Å². The summed E-state index contributed by atoms with van der Waals surface area (Å²) in [5.74, 6) is 0.808. The van der Waals surface area contributed by atoms with Crippen LogP contribution in [0.2, 0.25) is 0 Å². The number of guanidine groups is 1. The largest absolute Gasteiger partial charge is 0.356 e. The van der Waals surface area contributed by atoms with Crippen molar-refractivity contribution in [1.82, 2.24) is 15.5 Å². The van der Waals surface area contributed by atoms with E-state index in [0.29, 0.717) is 19.5 Å². The van der Waals surface area contributed by atoms with Crippen LogP contribution in [-0.4, -0.2) is 37.4 Å². The van der Waals surface area contributed by atoms with Crippen LogP contribution in [0.1, 0.15) is 23.1 Å². The van der Waals surface area contributed by atoms with Crippen molar-refractivity contribution >= 4 is 11.9 Å². The minimum atomic E-state index is 0.0263. The summed E-state index contributed by atoms with van der Waals surface area (Å²) in [5.41, 5.74) is 3.62. The average Bonchev–Trinajstić information content (AvgIpc) is 2.66. The highest BCUT2D eigenvalue weighted by molar-refractivity contribution is 5.81. The van der Waals surface area contributed by atoms with Crippen LogP contribution in [0, 0.1) is 6.92 Å². The van der Waals surface area contributed by atoms with Crippen molar-refractivity contribution < 1.29 is 4.79 Å². The van der Waals surface area contributed by atoms with Crippen LogP contribution >= 0.6 is 0 Å². The van der Waals surface area contributed by atoms with Crippen LogP contribution in [-0.2, 0) is 17.9 Å². The summed E-state index contributed by atoms with van der Waals surface area (Å²) >= 11 is 0. The molecule has 0 heterocycles. The number of rotatable bonds is 7. The van der Waals surface area contributed by atoms with Gasteiger partial charge >= 0.3 is 0 Å². The predicted molar refractivity (Wildman–Crippen MR) is 107 cm³/mol. The van der Waals surface area contributed by atoms with Crippen LogP contribution in [0.15, 0.2) is 59.6 Å². The van der Waals surface area contributed by atoms with Crippen molar-refractivity contribution in [1.29, 1.82) is 0 Å². The highest BCUT2D eigenvalue weighted by Gasteiger charge is 2.09. The van der Waals surface area contributed by atoms with Crippen LogP contribution in [0.4, 0.5) is 0 Å². The van der Waals surface area contributed by atoms with Gasteiger partial charge in [-0.15, -0.1) is 0 Å². The van der Waals surface area contributed by atoms with E-state index in [1.165, 1.54) is 11.1 Å². The van der Waals surface area contributed by atoms with E-state index in [0.717, 1.165) is 18.1 Å². The quantitative estimate of drug-likeness (QED) is 0.595. The van der Waals surface area contributed by atoms with Gasteiger partial charge in [0.25, 0.3) is 0 Å². The molecule has 2 N–H and O–H groups in total. The first kappa shape index (κ1) is 19.5. The molecule has 0 atom stereocenters. The zero-order chi connectivity index (χ0) is 18.8. The number of benzene rings is 2. The molecule has 1 amide bonds. The molecule has 0 unspecified atom stereocenters. The minimum absolute atomic E-state index is 0.0263. The Hall–Kier alpha value is -2.82. The third-order valence-corrected chi connectivity index (χ3v) is 4.21. The second-order valence-electron chi connectivity index (χ2n) is 6.27. The molecule has 138 valence electrons. The number of hydrogen-bond acceptors (Lipinski definition) is 2. The van der Waals surface area contributed by atoms with E-state index in [2.05, 4.69) is 39.6 Å². The zero-order valence-electron chi connectivity index (χ0n) is 15.8. The smallest absolute Gasteiger partial charge is 0.222 e. The number of carbonyl (C=O) groups excluding carboxylic acids is 1. The van der Waals surface area contributed by atoms with Crippen LogP contribution < -0.4 is 10.6 Å². The number of aryl methyl sites for hydroxylation is 1. The normalized spacial score (nSPS) is 11.1. The summed E-state index contributed by atoms with van der Waals surface area (Å²) in [7, 11) is 3.75. The van der Waals surface area contributed by atoms with E-state index in [9.17, 15) is 4.79 Å². The van der Waals surface area contributed by atoms with Crippen molar-refractivity contribution in [2.24, 2.45) is 4.99 Å². The molecule has 0 aliphatic rings. The monoisotopic (exact) mass is 352 g/mol. The van der Waals surface area contributed by atoms with Crippen molar-refractivity contribution in [3.05, 3.63) is 71.3 Å². The molecule has 0 aliphatic carbocycles. The molecule has 2 aromatic carbocycles. The van der Waals surface area contributed by atoms with Crippen molar-refractivity contribution in [3.8, 4) is 0 Å². The van der Waals surface area contributed by atoms with E-state index in [-0.39, 0.29) is 5.91 Å². The summed E-state index contributed by atoms with van der Waals surface area (Å²) < 4.78 is 0. The number of nitrogens with zero attached hydrogens (tertiary/aromatic N) is 2. The van der Waals surface area contributed by atoms with Gasteiger partial charge in [0.2, 0.25) is 5.91 Å². The Morgan fingerprint density at radius 1 is 1.04 bits per heavy atom. The minimum Gasteiger partial charge on any atom is -0.356 e. The molecule has 2 aromatic rings. The maximum Gasteiger partial charge on any atom is 0.222 e. The Morgan fingerprint density at radius 3 is 2.42 bits per heavy atom. The fourth-order valence-corrected chi connectivity index (χ4v) is 2.68. The first-order valence-corrected chi connectivity index (χ1v) is 8.87. The van der Waals surface area contributed by atoms with Crippen LogP contribution in [0.5, 0.6) is 0 Å². The van der Waals surface area contributed by atoms with Gasteiger partial charge in [-0.25, -0.2) is 0 Å². The van der Waals surface area contributed by atoms with Gasteiger partial charge in [-0.3, -0.25) is 9.79 Å². The lowest BCUT2D eigenvalue weighted by Crippen LogP contribution is -2.40. The molecule has 2 rings (SSSR count). The molecule has 0 saturated carbocycles. The topological polar surface area (TPSA) is 56.7 Å². The fourth-order valence-electron chi connectivity index (χ4n) is 2.68. The third-order valence-electron chi connectivity index (χ3n) is 4.21. The Balaban J connectivity index is 1.74. The Labute approximate surface area is 156 Å². The SMILES string of the molecule is CN=C(NCCC(=O)NCc1ccccc1)N(C)Cc1ccccc1C. The lowest BCUT2D eigenvalue weighted by molar-refractivity contribution is -0.121. The molecule has 5 heteroatoms. The number of amides is 1. The zero-order valence-corrected chi connectivity index (χ0v) is 15.8. The van der Waals surface area contributed by atoms with Crippen LogP contribution in [0.3, 0.4) is 0 Å². The molecular formula is C21H28N4O. The lowest BCUT2D eigenvalue weighted by atomic mass is 10.1. The fraction of sp³-hybridized carbons (Fsp3) is 0.333. The number of aliphatic imine (C=N–C) groups is 1. The summed E-state index contributed by atoms with van der Waals surface area (Å²) in [5, 5.41) is 6.19. The average molecular weight is 352 g/mol. The highest BCUT2D eigenvalue weighted by atomic mass is 16.1. The van der Waals surface area contributed by atoms with Crippen molar-refractivity contribution in [2.75, 3.05) is 20.6 Å². The Kier molecular flexibility index (Phi) is 7.68. The standard InChI is InChI=1S/C21H28N4O/c1-17-9-7-8-12-19(17)16-25(3)21(22-2)23-14-13-20(26)24-15-18-10-5-4-6-11-18/h4-12H,13-16H2,1-3H3,(H,22,23)(H,24,26). The maximum absolute atomic E-state index is 12.0. The van der Waals surface area contributed by atoms with Gasteiger partial charge in [0.15, 0.2) is 5.96 Å². The van der Waals surface area contributed by atoms with Gasteiger partial charge in [-0.2, -0.15) is 0 Å². The third kappa shape index (κ3) is 6.24.